The first-order chi connectivity index (χ1) is 12.2. The van der Waals surface area contributed by atoms with Gasteiger partial charge in [-0.2, -0.15) is 0 Å². The SMILES string of the molecule is O=C(OC[C@H]1OCCC[C@H]1OC(=O)c1ccccc1)c1ccccc1. The largest absolute Gasteiger partial charge is 0.459 e. The van der Waals surface area contributed by atoms with Gasteiger partial charge >= 0.3 is 11.9 Å². The summed E-state index contributed by atoms with van der Waals surface area (Å²) < 4.78 is 16.6. The van der Waals surface area contributed by atoms with Crippen LogP contribution in [-0.4, -0.2) is 37.4 Å². The highest BCUT2D eigenvalue weighted by atomic mass is 16.6. The first-order valence-electron chi connectivity index (χ1n) is 8.34. The molecule has 1 heterocycles. The summed E-state index contributed by atoms with van der Waals surface area (Å²) in [4.78, 5) is 24.3. The third-order valence-electron chi connectivity index (χ3n) is 4.04. The van der Waals surface area contributed by atoms with Crippen molar-refractivity contribution in [2.75, 3.05) is 13.2 Å². The second kappa shape index (κ2) is 8.44. The summed E-state index contributed by atoms with van der Waals surface area (Å²) in [5.74, 6) is -0.807. The minimum atomic E-state index is -0.450. The lowest BCUT2D eigenvalue weighted by Gasteiger charge is -2.30. The summed E-state index contributed by atoms with van der Waals surface area (Å²) in [6.45, 7) is 0.618. The molecule has 0 bridgehead atoms. The minimum absolute atomic E-state index is 0.0560. The monoisotopic (exact) mass is 340 g/mol. The van der Waals surface area contributed by atoms with Gasteiger partial charge in [-0.1, -0.05) is 36.4 Å². The molecule has 0 unspecified atom stereocenters. The van der Waals surface area contributed by atoms with Crippen molar-refractivity contribution in [2.45, 2.75) is 25.0 Å². The fraction of sp³-hybridized carbons (Fsp3) is 0.300. The maximum absolute atomic E-state index is 12.2. The molecule has 0 radical (unpaired) electrons. The molecule has 2 atom stereocenters. The summed E-state index contributed by atoms with van der Waals surface area (Å²) in [6, 6.07) is 17.6. The van der Waals surface area contributed by atoms with Crippen LogP contribution >= 0.6 is 0 Å². The number of esters is 2. The van der Waals surface area contributed by atoms with Crippen LogP contribution in [0.5, 0.6) is 0 Å². The van der Waals surface area contributed by atoms with Gasteiger partial charge in [0.2, 0.25) is 0 Å². The van der Waals surface area contributed by atoms with E-state index >= 15 is 0 Å². The summed E-state index contributed by atoms with van der Waals surface area (Å²) in [6.07, 6.45) is 0.612. The molecule has 2 aromatic carbocycles. The van der Waals surface area contributed by atoms with Crippen LogP contribution in [0.15, 0.2) is 60.7 Å². The number of carbonyl (C=O) groups is 2. The second-order valence-corrected chi connectivity index (χ2v) is 5.83. The van der Waals surface area contributed by atoms with Gasteiger partial charge in [0.1, 0.15) is 18.8 Å². The number of hydrogen-bond acceptors (Lipinski definition) is 5. The van der Waals surface area contributed by atoms with Gasteiger partial charge in [-0.05, 0) is 37.1 Å². The van der Waals surface area contributed by atoms with Crippen molar-refractivity contribution in [3.63, 3.8) is 0 Å². The predicted molar refractivity (Wildman–Crippen MR) is 91.3 cm³/mol. The number of benzene rings is 2. The van der Waals surface area contributed by atoms with E-state index in [0.29, 0.717) is 24.2 Å². The van der Waals surface area contributed by atoms with Crippen LogP contribution in [-0.2, 0) is 14.2 Å². The predicted octanol–water partition coefficient (Wildman–Crippen LogP) is 3.25. The van der Waals surface area contributed by atoms with Gasteiger partial charge in [0, 0.05) is 6.61 Å². The van der Waals surface area contributed by atoms with Crippen LogP contribution in [0.1, 0.15) is 33.6 Å². The first-order valence-corrected chi connectivity index (χ1v) is 8.34. The number of rotatable bonds is 5. The third kappa shape index (κ3) is 4.67. The van der Waals surface area contributed by atoms with Gasteiger partial charge < -0.3 is 14.2 Å². The smallest absolute Gasteiger partial charge is 0.338 e. The molecule has 1 aliphatic rings. The number of hydrogen-bond donors (Lipinski definition) is 0. The molecular formula is C20H20O5. The summed E-state index contributed by atoms with van der Waals surface area (Å²) in [5.41, 5.74) is 0.976. The lowest BCUT2D eigenvalue weighted by Crippen LogP contribution is -2.41. The summed E-state index contributed by atoms with van der Waals surface area (Å²) in [7, 11) is 0. The molecule has 0 amide bonds. The number of ether oxygens (including phenoxy) is 3. The van der Waals surface area contributed by atoms with Gasteiger partial charge in [0.15, 0.2) is 0 Å². The Balaban J connectivity index is 1.57. The van der Waals surface area contributed by atoms with E-state index in [2.05, 4.69) is 0 Å². The van der Waals surface area contributed by atoms with Gasteiger partial charge in [0.05, 0.1) is 11.1 Å². The Morgan fingerprint density at radius 3 is 2.16 bits per heavy atom. The Labute approximate surface area is 146 Å². The Hall–Kier alpha value is -2.66. The van der Waals surface area contributed by atoms with Crippen LogP contribution in [0.4, 0.5) is 0 Å². The molecular weight excluding hydrogens is 320 g/mol. The van der Waals surface area contributed by atoms with E-state index < -0.39 is 24.1 Å². The minimum Gasteiger partial charge on any atom is -0.459 e. The molecule has 0 aromatic heterocycles. The van der Waals surface area contributed by atoms with Gasteiger partial charge in [-0.25, -0.2) is 9.59 Å². The lowest BCUT2D eigenvalue weighted by molar-refractivity contribution is -0.104. The highest BCUT2D eigenvalue weighted by molar-refractivity contribution is 5.90. The fourth-order valence-corrected chi connectivity index (χ4v) is 2.70. The van der Waals surface area contributed by atoms with E-state index in [4.69, 9.17) is 14.2 Å². The van der Waals surface area contributed by atoms with E-state index in [-0.39, 0.29) is 6.61 Å². The van der Waals surface area contributed by atoms with E-state index in [0.717, 1.165) is 6.42 Å². The molecule has 0 spiro atoms. The summed E-state index contributed by atoms with van der Waals surface area (Å²) >= 11 is 0. The van der Waals surface area contributed by atoms with Crippen LogP contribution in [0.25, 0.3) is 0 Å². The molecule has 0 aliphatic carbocycles. The highest BCUT2D eigenvalue weighted by Gasteiger charge is 2.31. The first kappa shape index (κ1) is 17.2. The van der Waals surface area contributed by atoms with Crippen molar-refractivity contribution in [1.29, 1.82) is 0 Å². The zero-order valence-corrected chi connectivity index (χ0v) is 13.8. The molecule has 1 aliphatic heterocycles. The lowest BCUT2D eigenvalue weighted by atomic mass is 10.1. The summed E-state index contributed by atoms with van der Waals surface area (Å²) in [5, 5.41) is 0. The van der Waals surface area contributed by atoms with Crippen LogP contribution < -0.4 is 0 Å². The van der Waals surface area contributed by atoms with Gasteiger partial charge in [-0.15, -0.1) is 0 Å². The molecule has 130 valence electrons. The Bertz CT molecular complexity index is 699. The van der Waals surface area contributed by atoms with Crippen LogP contribution in [0.2, 0.25) is 0 Å². The van der Waals surface area contributed by atoms with Crippen LogP contribution in [0, 0.1) is 0 Å². The normalized spacial score (nSPS) is 19.8. The standard InChI is InChI=1S/C20H20O5/c21-19(15-8-3-1-4-9-15)24-14-18-17(12-7-13-23-18)25-20(22)16-10-5-2-6-11-16/h1-6,8-11,17-18H,7,12-14H2/t17-,18-/m1/s1. The van der Waals surface area contributed by atoms with Crippen molar-refractivity contribution >= 4 is 11.9 Å². The average Bonchev–Trinajstić information content (AvgIpc) is 2.68. The molecule has 25 heavy (non-hydrogen) atoms. The van der Waals surface area contributed by atoms with E-state index in [1.807, 2.05) is 12.1 Å². The van der Waals surface area contributed by atoms with Gasteiger partial charge in [-0.3, -0.25) is 0 Å². The quantitative estimate of drug-likeness (QED) is 0.782. The second-order valence-electron chi connectivity index (χ2n) is 5.83. The molecule has 2 aromatic rings. The van der Waals surface area contributed by atoms with Crippen molar-refractivity contribution in [1.82, 2.24) is 0 Å². The van der Waals surface area contributed by atoms with Crippen LogP contribution in [0.3, 0.4) is 0 Å². The van der Waals surface area contributed by atoms with Crippen molar-refractivity contribution in [2.24, 2.45) is 0 Å². The molecule has 0 N–H and O–H groups in total. The van der Waals surface area contributed by atoms with Gasteiger partial charge in [0.25, 0.3) is 0 Å². The fourth-order valence-electron chi connectivity index (χ4n) is 2.70. The zero-order chi connectivity index (χ0) is 17.5. The maximum Gasteiger partial charge on any atom is 0.338 e. The molecule has 1 saturated heterocycles. The highest BCUT2D eigenvalue weighted by Crippen LogP contribution is 2.20. The van der Waals surface area contributed by atoms with Crippen molar-refractivity contribution in [3.8, 4) is 0 Å². The molecule has 1 fully saturated rings. The Kier molecular flexibility index (Phi) is 5.80. The molecule has 0 saturated carbocycles. The average molecular weight is 340 g/mol. The molecule has 5 nitrogen and oxygen atoms in total. The Morgan fingerprint density at radius 1 is 0.920 bits per heavy atom. The van der Waals surface area contributed by atoms with Crippen molar-refractivity contribution < 1.29 is 23.8 Å². The number of carbonyl (C=O) groups excluding carboxylic acids is 2. The maximum atomic E-state index is 12.2. The van der Waals surface area contributed by atoms with Crippen molar-refractivity contribution in [3.05, 3.63) is 71.8 Å². The third-order valence-corrected chi connectivity index (χ3v) is 4.04. The van der Waals surface area contributed by atoms with E-state index in [1.165, 1.54) is 0 Å². The molecule has 3 rings (SSSR count). The zero-order valence-electron chi connectivity index (χ0n) is 13.8. The van der Waals surface area contributed by atoms with E-state index in [9.17, 15) is 9.59 Å². The Morgan fingerprint density at radius 2 is 1.52 bits per heavy atom. The topological polar surface area (TPSA) is 61.8 Å². The van der Waals surface area contributed by atoms with E-state index in [1.54, 1.807) is 48.5 Å². The molecule has 5 heteroatoms.